The lowest BCUT2D eigenvalue weighted by Crippen LogP contribution is -2.42. The maximum Gasteiger partial charge on any atom is 0.258 e. The summed E-state index contributed by atoms with van der Waals surface area (Å²) in [4.78, 5) is 36.1. The third kappa shape index (κ3) is 3.74. The van der Waals surface area contributed by atoms with Crippen LogP contribution < -0.4 is 5.56 Å². The number of para-hydroxylation sites is 1. The summed E-state index contributed by atoms with van der Waals surface area (Å²) in [7, 11) is 4.13. The first-order valence-electron chi connectivity index (χ1n) is 8.91. The number of fused-ring (bicyclic) bond motifs is 1. The van der Waals surface area contributed by atoms with E-state index in [1.807, 2.05) is 23.1 Å². The average Bonchev–Trinajstić information content (AvgIpc) is 2.97. The molecule has 0 radical (unpaired) electrons. The summed E-state index contributed by atoms with van der Waals surface area (Å²) in [6, 6.07) is 7.99. The normalized spacial score (nSPS) is 20.6. The number of carbonyl (C=O) groups excluding carboxylic acids is 1. The second kappa shape index (κ2) is 7.35. The lowest BCUT2D eigenvalue weighted by atomic mass is 10.1. The molecule has 1 N–H and O–H groups in total. The number of hydrogen-bond donors (Lipinski definition) is 1. The van der Waals surface area contributed by atoms with E-state index in [2.05, 4.69) is 35.9 Å². The van der Waals surface area contributed by atoms with Crippen LogP contribution in [-0.2, 0) is 11.2 Å². The van der Waals surface area contributed by atoms with Gasteiger partial charge in [-0.05, 0) is 46.0 Å². The molecule has 2 heterocycles. The Morgan fingerprint density at radius 2 is 2.12 bits per heavy atom. The van der Waals surface area contributed by atoms with E-state index in [0.717, 1.165) is 13.0 Å². The summed E-state index contributed by atoms with van der Waals surface area (Å²) in [6.07, 6.45) is 2.81. The van der Waals surface area contributed by atoms with Crippen molar-refractivity contribution in [2.45, 2.75) is 44.7 Å². The molecule has 6 nitrogen and oxygen atoms in total. The highest BCUT2D eigenvalue weighted by Gasteiger charge is 2.34. The fourth-order valence-corrected chi connectivity index (χ4v) is 3.77. The number of benzene rings is 1. The highest BCUT2D eigenvalue weighted by Crippen LogP contribution is 2.22. The van der Waals surface area contributed by atoms with E-state index >= 15 is 0 Å². The summed E-state index contributed by atoms with van der Waals surface area (Å²) in [6.45, 7) is 2.95. The molecule has 1 amide bonds. The van der Waals surface area contributed by atoms with Crippen molar-refractivity contribution in [3.05, 3.63) is 40.4 Å². The Kier molecular flexibility index (Phi) is 5.18. The Balaban J connectivity index is 1.58. The van der Waals surface area contributed by atoms with Gasteiger partial charge < -0.3 is 14.8 Å². The number of aromatic amines is 1. The molecule has 0 saturated carbocycles. The number of hydrogen-bond acceptors (Lipinski definition) is 4. The van der Waals surface area contributed by atoms with Crippen LogP contribution in [0.15, 0.2) is 29.1 Å². The smallest absolute Gasteiger partial charge is 0.258 e. The van der Waals surface area contributed by atoms with Gasteiger partial charge in [0.2, 0.25) is 5.91 Å². The number of H-pyrrole nitrogens is 1. The first kappa shape index (κ1) is 17.6. The van der Waals surface area contributed by atoms with Crippen LogP contribution >= 0.6 is 0 Å². The number of nitrogens with zero attached hydrogens (tertiary/aromatic N) is 3. The molecule has 1 aromatic carbocycles. The van der Waals surface area contributed by atoms with Crippen LogP contribution in [0.5, 0.6) is 0 Å². The van der Waals surface area contributed by atoms with E-state index in [1.165, 1.54) is 0 Å². The van der Waals surface area contributed by atoms with E-state index in [0.29, 0.717) is 42.0 Å². The van der Waals surface area contributed by atoms with Crippen molar-refractivity contribution in [3.8, 4) is 0 Å². The Morgan fingerprint density at radius 3 is 2.84 bits per heavy atom. The molecule has 134 valence electrons. The van der Waals surface area contributed by atoms with Crippen molar-refractivity contribution in [2.24, 2.45) is 0 Å². The molecule has 1 saturated heterocycles. The number of likely N-dealkylation sites (N-methyl/N-ethyl adjacent to an activating group) is 1. The molecule has 1 fully saturated rings. The number of likely N-dealkylation sites (tertiary alicyclic amines) is 1. The molecule has 1 aromatic heterocycles. The van der Waals surface area contributed by atoms with E-state index in [4.69, 9.17) is 0 Å². The fraction of sp³-hybridized carbons (Fsp3) is 0.526. The highest BCUT2D eigenvalue weighted by atomic mass is 16.2. The molecule has 0 bridgehead atoms. The van der Waals surface area contributed by atoms with E-state index in [-0.39, 0.29) is 17.5 Å². The van der Waals surface area contributed by atoms with Gasteiger partial charge in [-0.3, -0.25) is 9.59 Å². The zero-order valence-corrected chi connectivity index (χ0v) is 15.2. The van der Waals surface area contributed by atoms with Crippen molar-refractivity contribution in [2.75, 3.05) is 20.6 Å². The summed E-state index contributed by atoms with van der Waals surface area (Å²) in [5.74, 6) is 0.845. The maximum absolute atomic E-state index is 12.5. The molecule has 2 atom stereocenters. The topological polar surface area (TPSA) is 69.3 Å². The lowest BCUT2D eigenvalue weighted by molar-refractivity contribution is -0.132. The van der Waals surface area contributed by atoms with Crippen LogP contribution in [-0.4, -0.2) is 58.4 Å². The number of rotatable bonds is 5. The monoisotopic (exact) mass is 342 g/mol. The quantitative estimate of drug-likeness (QED) is 0.899. The zero-order chi connectivity index (χ0) is 18.0. The highest BCUT2D eigenvalue weighted by molar-refractivity contribution is 5.77. The van der Waals surface area contributed by atoms with Crippen LogP contribution in [0.4, 0.5) is 0 Å². The van der Waals surface area contributed by atoms with Crippen LogP contribution in [0, 0.1) is 0 Å². The predicted molar refractivity (Wildman–Crippen MR) is 98.6 cm³/mol. The molecule has 0 unspecified atom stereocenters. The van der Waals surface area contributed by atoms with Crippen molar-refractivity contribution >= 4 is 16.8 Å². The molecule has 25 heavy (non-hydrogen) atoms. The van der Waals surface area contributed by atoms with Gasteiger partial charge in [0.05, 0.1) is 10.9 Å². The second-order valence-corrected chi connectivity index (χ2v) is 7.03. The van der Waals surface area contributed by atoms with Gasteiger partial charge in [0.25, 0.3) is 5.56 Å². The van der Waals surface area contributed by atoms with Gasteiger partial charge in [-0.15, -0.1) is 0 Å². The minimum atomic E-state index is -0.117. The first-order chi connectivity index (χ1) is 12.0. The second-order valence-electron chi connectivity index (χ2n) is 7.03. The number of amides is 1. The Morgan fingerprint density at radius 1 is 1.36 bits per heavy atom. The van der Waals surface area contributed by atoms with Crippen molar-refractivity contribution in [1.82, 2.24) is 19.8 Å². The number of nitrogens with one attached hydrogen (secondary N) is 1. The van der Waals surface area contributed by atoms with Gasteiger partial charge >= 0.3 is 0 Å². The molecular formula is C19H26N4O2. The van der Waals surface area contributed by atoms with Gasteiger partial charge in [-0.1, -0.05) is 12.1 Å². The fourth-order valence-electron chi connectivity index (χ4n) is 3.77. The summed E-state index contributed by atoms with van der Waals surface area (Å²) >= 11 is 0. The predicted octanol–water partition coefficient (Wildman–Crippen LogP) is 1.80. The van der Waals surface area contributed by atoms with Crippen molar-refractivity contribution in [1.29, 1.82) is 0 Å². The summed E-state index contributed by atoms with van der Waals surface area (Å²) in [5.41, 5.74) is 0.587. The molecular weight excluding hydrogens is 316 g/mol. The molecule has 1 aliphatic heterocycles. The molecule has 2 aromatic rings. The van der Waals surface area contributed by atoms with Crippen molar-refractivity contribution in [3.63, 3.8) is 0 Å². The third-order valence-electron chi connectivity index (χ3n) is 5.16. The Labute approximate surface area is 147 Å². The zero-order valence-electron chi connectivity index (χ0n) is 15.2. The third-order valence-corrected chi connectivity index (χ3v) is 5.16. The van der Waals surface area contributed by atoms with Gasteiger partial charge in [-0.25, -0.2) is 4.98 Å². The van der Waals surface area contributed by atoms with E-state index < -0.39 is 0 Å². The number of aromatic nitrogens is 2. The van der Waals surface area contributed by atoms with E-state index in [9.17, 15) is 9.59 Å². The number of carbonyl (C=O) groups is 1. The number of aryl methyl sites for hydroxylation is 1. The van der Waals surface area contributed by atoms with Crippen LogP contribution in [0.2, 0.25) is 0 Å². The van der Waals surface area contributed by atoms with Crippen LogP contribution in [0.25, 0.3) is 10.9 Å². The molecule has 3 rings (SSSR count). The average molecular weight is 342 g/mol. The summed E-state index contributed by atoms with van der Waals surface area (Å²) < 4.78 is 0. The van der Waals surface area contributed by atoms with Gasteiger partial charge in [-0.2, -0.15) is 0 Å². The molecule has 1 aliphatic rings. The van der Waals surface area contributed by atoms with Crippen molar-refractivity contribution < 1.29 is 4.79 Å². The first-order valence-corrected chi connectivity index (χ1v) is 8.91. The van der Waals surface area contributed by atoms with E-state index in [1.54, 1.807) is 6.07 Å². The van der Waals surface area contributed by atoms with Gasteiger partial charge in [0.15, 0.2) is 0 Å². The van der Waals surface area contributed by atoms with Gasteiger partial charge in [0.1, 0.15) is 5.82 Å². The Hall–Kier alpha value is -2.21. The van der Waals surface area contributed by atoms with Gasteiger partial charge in [0, 0.05) is 31.5 Å². The summed E-state index contributed by atoms with van der Waals surface area (Å²) in [5, 5.41) is 0.600. The largest absolute Gasteiger partial charge is 0.338 e. The lowest BCUT2D eigenvalue weighted by Gasteiger charge is -2.28. The van der Waals surface area contributed by atoms with Crippen LogP contribution in [0.3, 0.4) is 0 Å². The SMILES string of the molecule is C[C@@H]1[C@H](N(C)C)CCN1C(=O)CCCc1nc2ccccc2c(=O)[nH]1. The standard InChI is InChI=1S/C19H26N4O2/c1-13-16(22(2)3)11-12-23(13)18(24)10-6-9-17-20-15-8-5-4-7-14(15)19(25)21-17/h4-5,7-8,13,16H,6,9-12H2,1-3H3,(H,20,21,25)/t13-,16-/m1/s1. The molecule has 0 spiro atoms. The van der Waals surface area contributed by atoms with Crippen LogP contribution in [0.1, 0.15) is 32.0 Å². The molecule has 0 aliphatic carbocycles. The molecule has 6 heteroatoms. The minimum Gasteiger partial charge on any atom is -0.338 e. The minimum absolute atomic E-state index is 0.117. The maximum atomic E-state index is 12.5. The Bertz CT molecular complexity index is 814.